The Morgan fingerprint density at radius 1 is 1.17 bits per heavy atom. The predicted octanol–water partition coefficient (Wildman–Crippen LogP) is 3.18. The summed E-state index contributed by atoms with van der Waals surface area (Å²) < 4.78 is 5.59. The van der Waals surface area contributed by atoms with Crippen LogP contribution in [0.4, 0.5) is 5.69 Å². The van der Waals surface area contributed by atoms with E-state index in [9.17, 15) is 9.59 Å². The van der Waals surface area contributed by atoms with Crippen molar-refractivity contribution in [2.24, 2.45) is 5.73 Å². The molecule has 0 unspecified atom stereocenters. The third-order valence-electron chi connectivity index (χ3n) is 3.51. The number of carbonyl (C=O) groups excluding carboxylic acids is 2. The second-order valence-electron chi connectivity index (χ2n) is 5.34. The SMILES string of the molecule is Cc1ccc(OCCC(=O)Nc2cc(C(N)=O)sc2C)cc1C. The molecule has 0 aliphatic carbocycles. The second-order valence-corrected chi connectivity index (χ2v) is 6.59. The van der Waals surface area contributed by atoms with Gasteiger partial charge in [-0.05, 0) is 50.1 Å². The average Bonchev–Trinajstić information content (AvgIpc) is 2.84. The fraction of sp³-hybridized carbons (Fsp3) is 0.294. The van der Waals surface area contributed by atoms with Gasteiger partial charge in [-0.2, -0.15) is 0 Å². The number of rotatable bonds is 6. The number of amides is 2. The predicted molar refractivity (Wildman–Crippen MR) is 92.2 cm³/mol. The minimum Gasteiger partial charge on any atom is -0.493 e. The van der Waals surface area contributed by atoms with Crippen molar-refractivity contribution in [2.45, 2.75) is 27.2 Å². The Balaban J connectivity index is 1.85. The van der Waals surface area contributed by atoms with Crippen molar-refractivity contribution in [2.75, 3.05) is 11.9 Å². The molecular formula is C17H20N2O3S. The quantitative estimate of drug-likeness (QED) is 0.852. The lowest BCUT2D eigenvalue weighted by atomic mass is 10.1. The number of aryl methyl sites for hydroxylation is 3. The van der Waals surface area contributed by atoms with E-state index >= 15 is 0 Å². The molecule has 0 bridgehead atoms. The molecule has 0 radical (unpaired) electrons. The number of thiophene rings is 1. The van der Waals surface area contributed by atoms with E-state index in [1.54, 1.807) is 6.07 Å². The highest BCUT2D eigenvalue weighted by molar-refractivity contribution is 7.14. The van der Waals surface area contributed by atoms with Gasteiger partial charge < -0.3 is 15.8 Å². The normalized spacial score (nSPS) is 10.4. The lowest BCUT2D eigenvalue weighted by molar-refractivity contribution is -0.116. The first kappa shape index (κ1) is 17.0. The molecule has 0 atom stereocenters. The van der Waals surface area contributed by atoms with Crippen LogP contribution < -0.4 is 15.8 Å². The summed E-state index contributed by atoms with van der Waals surface area (Å²) >= 11 is 1.27. The Kier molecular flexibility index (Phi) is 5.39. The average molecular weight is 332 g/mol. The first-order valence-corrected chi connectivity index (χ1v) is 8.08. The molecule has 0 aliphatic rings. The third-order valence-corrected chi connectivity index (χ3v) is 4.58. The van der Waals surface area contributed by atoms with Crippen molar-refractivity contribution < 1.29 is 14.3 Å². The number of nitrogens with two attached hydrogens (primary N) is 1. The minimum atomic E-state index is -0.489. The van der Waals surface area contributed by atoms with Gasteiger partial charge in [-0.1, -0.05) is 6.07 Å². The molecule has 2 amide bonds. The number of hydrogen-bond donors (Lipinski definition) is 2. The van der Waals surface area contributed by atoms with Gasteiger partial charge in [-0.15, -0.1) is 11.3 Å². The number of carbonyl (C=O) groups is 2. The second kappa shape index (κ2) is 7.28. The number of ether oxygens (including phenoxy) is 1. The summed E-state index contributed by atoms with van der Waals surface area (Å²) in [5, 5.41) is 2.78. The summed E-state index contributed by atoms with van der Waals surface area (Å²) in [6.07, 6.45) is 0.230. The van der Waals surface area contributed by atoms with E-state index in [1.807, 2.05) is 39.0 Å². The molecule has 0 aliphatic heterocycles. The monoisotopic (exact) mass is 332 g/mol. The van der Waals surface area contributed by atoms with Crippen molar-refractivity contribution in [3.05, 3.63) is 45.1 Å². The van der Waals surface area contributed by atoms with Gasteiger partial charge in [0.05, 0.1) is 23.6 Å². The van der Waals surface area contributed by atoms with Crippen molar-refractivity contribution in [1.29, 1.82) is 0 Å². The van der Waals surface area contributed by atoms with Crippen molar-refractivity contribution in [3.8, 4) is 5.75 Å². The summed E-state index contributed by atoms with van der Waals surface area (Å²) in [6, 6.07) is 7.44. The van der Waals surface area contributed by atoms with E-state index in [0.29, 0.717) is 17.2 Å². The highest BCUT2D eigenvalue weighted by atomic mass is 32.1. The van der Waals surface area contributed by atoms with Gasteiger partial charge in [0.15, 0.2) is 0 Å². The van der Waals surface area contributed by atoms with E-state index < -0.39 is 5.91 Å². The lowest BCUT2D eigenvalue weighted by Gasteiger charge is -2.08. The zero-order valence-corrected chi connectivity index (χ0v) is 14.3. The maximum absolute atomic E-state index is 12.0. The van der Waals surface area contributed by atoms with Crippen LogP contribution in [0.2, 0.25) is 0 Å². The van der Waals surface area contributed by atoms with Gasteiger partial charge in [-0.3, -0.25) is 9.59 Å². The molecule has 0 saturated carbocycles. The molecule has 6 heteroatoms. The van der Waals surface area contributed by atoms with Gasteiger partial charge in [0.1, 0.15) is 5.75 Å². The van der Waals surface area contributed by atoms with Gasteiger partial charge >= 0.3 is 0 Å². The zero-order chi connectivity index (χ0) is 17.0. The molecule has 0 saturated heterocycles. The van der Waals surface area contributed by atoms with Crippen LogP contribution in [0, 0.1) is 20.8 Å². The van der Waals surface area contributed by atoms with Crippen LogP contribution in [0.5, 0.6) is 5.75 Å². The molecule has 23 heavy (non-hydrogen) atoms. The van der Waals surface area contributed by atoms with E-state index in [2.05, 4.69) is 5.32 Å². The largest absolute Gasteiger partial charge is 0.493 e. The molecule has 2 aromatic rings. The maximum Gasteiger partial charge on any atom is 0.258 e. The van der Waals surface area contributed by atoms with Crippen molar-refractivity contribution >= 4 is 28.8 Å². The Bertz CT molecular complexity index is 737. The molecule has 0 fully saturated rings. The Labute approximate surface area is 139 Å². The Hall–Kier alpha value is -2.34. The molecular weight excluding hydrogens is 312 g/mol. The van der Waals surface area contributed by atoms with Crippen LogP contribution >= 0.6 is 11.3 Å². The first-order valence-electron chi connectivity index (χ1n) is 7.27. The standard InChI is InChI=1S/C17H20N2O3S/c1-10-4-5-13(8-11(10)2)22-7-6-16(20)19-14-9-15(17(18)21)23-12(14)3/h4-5,8-9H,6-7H2,1-3H3,(H2,18,21)(H,19,20). The fourth-order valence-electron chi connectivity index (χ4n) is 2.01. The van der Waals surface area contributed by atoms with Crippen LogP contribution in [0.25, 0.3) is 0 Å². The first-order chi connectivity index (χ1) is 10.9. The van der Waals surface area contributed by atoms with E-state index in [1.165, 1.54) is 16.9 Å². The molecule has 1 aromatic carbocycles. The topological polar surface area (TPSA) is 81.4 Å². The minimum absolute atomic E-state index is 0.161. The molecule has 122 valence electrons. The van der Waals surface area contributed by atoms with E-state index in [-0.39, 0.29) is 12.3 Å². The zero-order valence-electron chi connectivity index (χ0n) is 13.4. The maximum atomic E-state index is 12.0. The Morgan fingerprint density at radius 3 is 2.52 bits per heavy atom. The smallest absolute Gasteiger partial charge is 0.258 e. The van der Waals surface area contributed by atoms with Gasteiger partial charge in [0, 0.05) is 4.88 Å². The van der Waals surface area contributed by atoms with Gasteiger partial charge in [0.2, 0.25) is 5.91 Å². The molecule has 0 spiro atoms. The fourth-order valence-corrected chi connectivity index (χ4v) is 2.83. The van der Waals surface area contributed by atoms with Crippen LogP contribution in [0.15, 0.2) is 24.3 Å². The van der Waals surface area contributed by atoms with Crippen LogP contribution in [0.3, 0.4) is 0 Å². The molecule has 1 heterocycles. The van der Waals surface area contributed by atoms with E-state index in [4.69, 9.17) is 10.5 Å². The van der Waals surface area contributed by atoms with Crippen LogP contribution in [0.1, 0.15) is 32.1 Å². The summed E-state index contributed by atoms with van der Waals surface area (Å²) in [5.41, 5.74) is 8.21. The number of nitrogens with one attached hydrogen (secondary N) is 1. The number of anilines is 1. The highest BCUT2D eigenvalue weighted by Crippen LogP contribution is 2.26. The van der Waals surface area contributed by atoms with E-state index in [0.717, 1.165) is 16.2 Å². The summed E-state index contributed by atoms with van der Waals surface area (Å²) in [7, 11) is 0. The number of hydrogen-bond acceptors (Lipinski definition) is 4. The summed E-state index contributed by atoms with van der Waals surface area (Å²) in [6.45, 7) is 6.18. The van der Waals surface area contributed by atoms with Crippen molar-refractivity contribution in [3.63, 3.8) is 0 Å². The number of benzene rings is 1. The highest BCUT2D eigenvalue weighted by Gasteiger charge is 2.12. The van der Waals surface area contributed by atoms with Crippen molar-refractivity contribution in [1.82, 2.24) is 0 Å². The lowest BCUT2D eigenvalue weighted by Crippen LogP contribution is -2.15. The molecule has 1 aromatic heterocycles. The third kappa shape index (κ3) is 4.56. The summed E-state index contributed by atoms with van der Waals surface area (Å²) in [5.74, 6) is 0.103. The van der Waals surface area contributed by atoms with Gasteiger partial charge in [-0.25, -0.2) is 0 Å². The van der Waals surface area contributed by atoms with Gasteiger partial charge in [0.25, 0.3) is 5.91 Å². The number of primary amides is 1. The van der Waals surface area contributed by atoms with Crippen LogP contribution in [-0.2, 0) is 4.79 Å². The molecule has 5 nitrogen and oxygen atoms in total. The molecule has 3 N–H and O–H groups in total. The Morgan fingerprint density at radius 2 is 1.91 bits per heavy atom. The molecule has 2 rings (SSSR count). The summed E-state index contributed by atoms with van der Waals surface area (Å²) in [4.78, 5) is 24.4. The van der Waals surface area contributed by atoms with Crippen LogP contribution in [-0.4, -0.2) is 18.4 Å².